The topological polar surface area (TPSA) is 89.7 Å². The van der Waals surface area contributed by atoms with E-state index in [2.05, 4.69) is 0 Å². The van der Waals surface area contributed by atoms with Crippen LogP contribution in [0.3, 0.4) is 0 Å². The van der Waals surface area contributed by atoms with Crippen LogP contribution in [0.25, 0.3) is 0 Å². The summed E-state index contributed by atoms with van der Waals surface area (Å²) in [4.78, 5) is 21.1. The number of nitrogens with zero attached hydrogens (tertiary/aromatic N) is 1. The second-order valence-electron chi connectivity index (χ2n) is 3.66. The highest BCUT2D eigenvalue weighted by atomic mass is 16.6. The van der Waals surface area contributed by atoms with Crippen molar-refractivity contribution in [2.45, 2.75) is 0 Å². The highest BCUT2D eigenvalue weighted by molar-refractivity contribution is 5.90. The Hall–Kier alpha value is -2.89. The Morgan fingerprint density at radius 1 is 1.16 bits per heavy atom. The van der Waals surface area contributed by atoms with E-state index in [0.717, 1.165) is 0 Å². The smallest absolute Gasteiger partial charge is 0.339 e. The van der Waals surface area contributed by atoms with Gasteiger partial charge in [-0.1, -0.05) is 18.2 Å². The molecule has 0 aliphatic rings. The third kappa shape index (κ3) is 2.86. The van der Waals surface area contributed by atoms with Crippen LogP contribution >= 0.6 is 0 Å². The predicted octanol–water partition coefficient (Wildman–Crippen LogP) is 3.09. The molecule has 0 atom stereocenters. The maximum atomic E-state index is 11.0. The second kappa shape index (κ2) is 5.18. The molecule has 19 heavy (non-hydrogen) atoms. The van der Waals surface area contributed by atoms with Crippen molar-refractivity contribution in [2.24, 2.45) is 0 Å². The van der Waals surface area contributed by atoms with Gasteiger partial charge in [0.1, 0.15) is 17.1 Å². The number of ether oxygens (including phenoxy) is 1. The Labute approximate surface area is 108 Å². The first kappa shape index (κ1) is 12.6. The lowest BCUT2D eigenvalue weighted by Crippen LogP contribution is -1.99. The summed E-state index contributed by atoms with van der Waals surface area (Å²) in [5, 5.41) is 19.6. The summed E-state index contributed by atoms with van der Waals surface area (Å²) in [5.74, 6) is -0.778. The summed E-state index contributed by atoms with van der Waals surface area (Å²) >= 11 is 0. The molecule has 0 saturated heterocycles. The molecule has 0 amide bonds. The Balaban J connectivity index is 2.34. The van der Waals surface area contributed by atoms with Gasteiger partial charge in [-0.05, 0) is 18.2 Å². The number of carboxylic acid groups (broad SMARTS) is 1. The van der Waals surface area contributed by atoms with Crippen LogP contribution in [0, 0.1) is 10.1 Å². The lowest BCUT2D eigenvalue weighted by molar-refractivity contribution is -0.384. The standard InChI is InChI=1S/C13H9NO5/c15-13(16)11-6-1-2-7-12(11)19-10-5-3-4-9(8-10)14(17)18/h1-8H,(H,15,16). The van der Waals surface area contributed by atoms with Crippen LogP contribution < -0.4 is 4.74 Å². The first-order valence-electron chi connectivity index (χ1n) is 5.32. The van der Waals surface area contributed by atoms with Gasteiger partial charge >= 0.3 is 5.97 Å². The number of hydrogen-bond acceptors (Lipinski definition) is 4. The maximum absolute atomic E-state index is 11.0. The first-order valence-corrected chi connectivity index (χ1v) is 5.32. The summed E-state index contributed by atoms with van der Waals surface area (Å²) in [6, 6.07) is 11.6. The van der Waals surface area contributed by atoms with E-state index in [0.29, 0.717) is 0 Å². The zero-order valence-corrected chi connectivity index (χ0v) is 9.65. The fourth-order valence-corrected chi connectivity index (χ4v) is 1.52. The molecule has 2 aromatic rings. The lowest BCUT2D eigenvalue weighted by atomic mass is 10.2. The van der Waals surface area contributed by atoms with Gasteiger partial charge < -0.3 is 9.84 Å². The normalized spacial score (nSPS) is 9.89. The number of para-hydroxylation sites is 1. The molecule has 0 unspecified atom stereocenters. The van der Waals surface area contributed by atoms with E-state index in [1.165, 1.54) is 36.4 Å². The average Bonchev–Trinajstić information content (AvgIpc) is 2.39. The van der Waals surface area contributed by atoms with Gasteiger partial charge in [0.15, 0.2) is 0 Å². The second-order valence-corrected chi connectivity index (χ2v) is 3.66. The molecule has 0 aliphatic carbocycles. The van der Waals surface area contributed by atoms with Gasteiger partial charge in [-0.15, -0.1) is 0 Å². The van der Waals surface area contributed by atoms with Crippen molar-refractivity contribution < 1.29 is 19.6 Å². The molecule has 0 radical (unpaired) electrons. The molecule has 0 bridgehead atoms. The van der Waals surface area contributed by atoms with Gasteiger partial charge in [0.2, 0.25) is 0 Å². The molecule has 0 aliphatic heterocycles. The van der Waals surface area contributed by atoms with Crippen molar-refractivity contribution in [3.8, 4) is 11.5 Å². The predicted molar refractivity (Wildman–Crippen MR) is 66.6 cm³/mol. The molecule has 2 rings (SSSR count). The molecular weight excluding hydrogens is 250 g/mol. The molecule has 96 valence electrons. The molecule has 1 N–H and O–H groups in total. The number of aromatic carboxylic acids is 1. The molecule has 0 heterocycles. The summed E-state index contributed by atoms with van der Waals surface area (Å²) in [6.07, 6.45) is 0. The minimum atomic E-state index is -1.12. The zero-order chi connectivity index (χ0) is 13.8. The third-order valence-electron chi connectivity index (χ3n) is 2.37. The summed E-state index contributed by atoms with van der Waals surface area (Å²) in [7, 11) is 0. The van der Waals surface area contributed by atoms with E-state index in [9.17, 15) is 14.9 Å². The summed E-state index contributed by atoms with van der Waals surface area (Å²) in [5.41, 5.74) is -0.126. The SMILES string of the molecule is O=C(O)c1ccccc1Oc1cccc([N+](=O)[O-])c1. The van der Waals surface area contributed by atoms with Crippen molar-refractivity contribution >= 4 is 11.7 Å². The molecule has 0 spiro atoms. The van der Waals surface area contributed by atoms with Crippen molar-refractivity contribution in [1.29, 1.82) is 0 Å². The number of non-ortho nitro benzene ring substituents is 1. The van der Waals surface area contributed by atoms with E-state index >= 15 is 0 Å². The van der Waals surface area contributed by atoms with Crippen LogP contribution in [-0.2, 0) is 0 Å². The van der Waals surface area contributed by atoms with E-state index in [4.69, 9.17) is 9.84 Å². The Kier molecular flexibility index (Phi) is 3.42. The van der Waals surface area contributed by atoms with Crippen molar-refractivity contribution in [1.82, 2.24) is 0 Å². The molecule has 2 aromatic carbocycles. The Morgan fingerprint density at radius 3 is 2.58 bits per heavy atom. The van der Waals surface area contributed by atoms with Gasteiger partial charge in [-0.25, -0.2) is 4.79 Å². The lowest BCUT2D eigenvalue weighted by Gasteiger charge is -2.08. The van der Waals surface area contributed by atoms with E-state index in [1.807, 2.05) is 0 Å². The highest BCUT2D eigenvalue weighted by Crippen LogP contribution is 2.27. The first-order chi connectivity index (χ1) is 9.08. The zero-order valence-electron chi connectivity index (χ0n) is 9.65. The van der Waals surface area contributed by atoms with E-state index < -0.39 is 10.9 Å². The minimum absolute atomic E-state index is 0.00555. The van der Waals surface area contributed by atoms with Crippen LogP contribution in [0.4, 0.5) is 5.69 Å². The fourth-order valence-electron chi connectivity index (χ4n) is 1.52. The number of hydrogen-bond donors (Lipinski definition) is 1. The number of benzene rings is 2. The van der Waals surface area contributed by atoms with Gasteiger partial charge in [-0.3, -0.25) is 10.1 Å². The quantitative estimate of drug-likeness (QED) is 0.673. The van der Waals surface area contributed by atoms with E-state index in [1.54, 1.807) is 12.1 Å². The van der Waals surface area contributed by atoms with Crippen LogP contribution in [0.2, 0.25) is 0 Å². The van der Waals surface area contributed by atoms with Crippen molar-refractivity contribution in [3.05, 3.63) is 64.2 Å². The maximum Gasteiger partial charge on any atom is 0.339 e. The van der Waals surface area contributed by atoms with Crippen molar-refractivity contribution in [2.75, 3.05) is 0 Å². The summed E-state index contributed by atoms with van der Waals surface area (Å²) < 4.78 is 5.38. The highest BCUT2D eigenvalue weighted by Gasteiger charge is 2.12. The largest absolute Gasteiger partial charge is 0.478 e. The van der Waals surface area contributed by atoms with Crippen molar-refractivity contribution in [3.63, 3.8) is 0 Å². The number of carboxylic acids is 1. The number of carbonyl (C=O) groups is 1. The summed E-state index contributed by atoms with van der Waals surface area (Å²) in [6.45, 7) is 0. The van der Waals surface area contributed by atoms with Crippen LogP contribution in [-0.4, -0.2) is 16.0 Å². The number of nitro groups is 1. The molecule has 0 fully saturated rings. The average molecular weight is 259 g/mol. The molecular formula is C13H9NO5. The monoisotopic (exact) mass is 259 g/mol. The fraction of sp³-hybridized carbons (Fsp3) is 0. The van der Waals surface area contributed by atoms with E-state index in [-0.39, 0.29) is 22.7 Å². The molecule has 0 saturated carbocycles. The van der Waals surface area contributed by atoms with Gasteiger partial charge in [0, 0.05) is 6.07 Å². The Morgan fingerprint density at radius 2 is 1.89 bits per heavy atom. The van der Waals surface area contributed by atoms with Gasteiger partial charge in [0.05, 0.1) is 11.0 Å². The van der Waals surface area contributed by atoms with Crippen LogP contribution in [0.1, 0.15) is 10.4 Å². The minimum Gasteiger partial charge on any atom is -0.478 e. The third-order valence-corrected chi connectivity index (χ3v) is 2.37. The number of rotatable bonds is 4. The van der Waals surface area contributed by atoms with Crippen LogP contribution in [0.5, 0.6) is 11.5 Å². The van der Waals surface area contributed by atoms with Crippen LogP contribution in [0.15, 0.2) is 48.5 Å². The Bertz CT molecular complexity index is 638. The number of nitro benzene ring substituents is 1. The molecule has 0 aromatic heterocycles. The molecule has 6 nitrogen and oxygen atoms in total. The van der Waals surface area contributed by atoms with Gasteiger partial charge in [-0.2, -0.15) is 0 Å². The molecule has 6 heteroatoms. The van der Waals surface area contributed by atoms with Gasteiger partial charge in [0.25, 0.3) is 5.69 Å².